The van der Waals surface area contributed by atoms with E-state index in [9.17, 15) is 14.4 Å². The lowest BCUT2D eigenvalue weighted by Gasteiger charge is -2.34. The summed E-state index contributed by atoms with van der Waals surface area (Å²) in [5.41, 5.74) is 0.992. The van der Waals surface area contributed by atoms with Crippen molar-refractivity contribution in [2.75, 3.05) is 39.9 Å². The van der Waals surface area contributed by atoms with Gasteiger partial charge in [0.1, 0.15) is 5.75 Å². The van der Waals surface area contributed by atoms with Crippen LogP contribution in [0.4, 0.5) is 0 Å². The van der Waals surface area contributed by atoms with Crippen LogP contribution in [-0.2, 0) is 20.7 Å². The molecule has 1 aliphatic heterocycles. The summed E-state index contributed by atoms with van der Waals surface area (Å²) in [6.45, 7) is 1.34. The molecule has 1 aromatic heterocycles. The van der Waals surface area contributed by atoms with E-state index in [-0.39, 0.29) is 30.6 Å². The normalized spacial score (nSPS) is 13.8. The lowest BCUT2D eigenvalue weighted by atomic mass is 10.1. The summed E-state index contributed by atoms with van der Waals surface area (Å²) < 4.78 is 15.3. The Kier molecular flexibility index (Phi) is 6.89. The van der Waals surface area contributed by atoms with E-state index < -0.39 is 5.97 Å². The molecule has 0 unspecified atom stereocenters. The highest BCUT2D eigenvalue weighted by Gasteiger charge is 2.26. The number of hydrogen-bond donors (Lipinski definition) is 0. The van der Waals surface area contributed by atoms with Crippen molar-refractivity contribution < 1.29 is 28.3 Å². The third-order valence-electron chi connectivity index (χ3n) is 4.79. The summed E-state index contributed by atoms with van der Waals surface area (Å²) in [6, 6.07) is 10.7. The zero-order chi connectivity index (χ0) is 20.6. The molecule has 0 radical (unpaired) electrons. The van der Waals surface area contributed by atoms with Gasteiger partial charge in [0.15, 0.2) is 12.4 Å². The van der Waals surface area contributed by atoms with E-state index in [2.05, 4.69) is 0 Å². The molecule has 2 aromatic rings. The van der Waals surface area contributed by atoms with E-state index >= 15 is 0 Å². The van der Waals surface area contributed by atoms with Gasteiger partial charge in [-0.15, -0.1) is 0 Å². The highest BCUT2D eigenvalue weighted by molar-refractivity contribution is 5.91. The number of ether oxygens (including phenoxy) is 2. The highest BCUT2D eigenvalue weighted by Crippen LogP contribution is 2.13. The van der Waals surface area contributed by atoms with Crippen LogP contribution in [0.1, 0.15) is 22.5 Å². The fourth-order valence-electron chi connectivity index (χ4n) is 3.06. The van der Waals surface area contributed by atoms with Gasteiger partial charge in [0.2, 0.25) is 0 Å². The maximum absolute atomic E-state index is 12.3. The van der Waals surface area contributed by atoms with Crippen molar-refractivity contribution in [1.82, 2.24) is 9.80 Å². The van der Waals surface area contributed by atoms with E-state index in [1.807, 2.05) is 24.3 Å². The number of carbonyl (C=O) groups excluding carboxylic acids is 3. The number of rotatable bonds is 7. The second-order valence-corrected chi connectivity index (χ2v) is 6.66. The predicted molar refractivity (Wildman–Crippen MR) is 103 cm³/mol. The zero-order valence-corrected chi connectivity index (χ0v) is 16.3. The van der Waals surface area contributed by atoms with E-state index in [1.165, 1.54) is 6.26 Å². The van der Waals surface area contributed by atoms with Gasteiger partial charge in [-0.2, -0.15) is 0 Å². The number of methoxy groups -OCH3 is 1. The number of benzene rings is 1. The number of esters is 1. The van der Waals surface area contributed by atoms with Crippen LogP contribution >= 0.6 is 0 Å². The molecule has 1 fully saturated rings. The zero-order valence-electron chi connectivity index (χ0n) is 16.3. The second-order valence-electron chi connectivity index (χ2n) is 6.66. The Bertz CT molecular complexity index is 823. The molecule has 1 aliphatic rings. The second kappa shape index (κ2) is 9.77. The van der Waals surface area contributed by atoms with Crippen molar-refractivity contribution >= 4 is 17.8 Å². The number of aryl methyl sites for hydroxylation is 1. The van der Waals surface area contributed by atoms with Crippen molar-refractivity contribution in [3.8, 4) is 5.75 Å². The molecule has 8 nitrogen and oxygen atoms in total. The number of hydrogen-bond acceptors (Lipinski definition) is 6. The fourth-order valence-corrected chi connectivity index (χ4v) is 3.06. The molecule has 0 N–H and O–H groups in total. The van der Waals surface area contributed by atoms with E-state index in [1.54, 1.807) is 29.0 Å². The summed E-state index contributed by atoms with van der Waals surface area (Å²) in [6.07, 6.45) is 2.19. The topological polar surface area (TPSA) is 89.3 Å². The number of nitrogens with zero attached hydrogens (tertiary/aromatic N) is 2. The van der Waals surface area contributed by atoms with Crippen LogP contribution in [0.3, 0.4) is 0 Å². The molecule has 3 rings (SSSR count). The Hall–Kier alpha value is -3.29. The smallest absolute Gasteiger partial charge is 0.306 e. The van der Waals surface area contributed by atoms with Gasteiger partial charge in [-0.1, -0.05) is 12.1 Å². The summed E-state index contributed by atoms with van der Waals surface area (Å²) in [4.78, 5) is 39.7. The minimum atomic E-state index is -0.416. The summed E-state index contributed by atoms with van der Waals surface area (Å²) in [5.74, 6) is 0.184. The number of piperazine rings is 1. The quantitative estimate of drug-likeness (QED) is 0.658. The van der Waals surface area contributed by atoms with Crippen LogP contribution in [0.2, 0.25) is 0 Å². The van der Waals surface area contributed by atoms with Crippen LogP contribution < -0.4 is 4.74 Å². The van der Waals surface area contributed by atoms with Gasteiger partial charge in [0, 0.05) is 32.6 Å². The maximum atomic E-state index is 12.3. The standard InChI is InChI=1S/C21H24N2O6/c1-27-17-7-4-16(5-8-17)6-9-20(25)29-15-19(24)22-10-12-23(13-11-22)21(26)18-3-2-14-28-18/h2-5,7-8,14H,6,9-13,15H2,1H3. The minimum absolute atomic E-state index is 0.188. The lowest BCUT2D eigenvalue weighted by Crippen LogP contribution is -2.51. The van der Waals surface area contributed by atoms with Crippen molar-refractivity contribution in [3.05, 3.63) is 54.0 Å². The molecular weight excluding hydrogens is 376 g/mol. The molecule has 0 aliphatic carbocycles. The molecule has 0 atom stereocenters. The summed E-state index contributed by atoms with van der Waals surface area (Å²) >= 11 is 0. The first-order chi connectivity index (χ1) is 14.1. The molecule has 2 amide bonds. The van der Waals surface area contributed by atoms with Gasteiger partial charge >= 0.3 is 5.97 Å². The van der Waals surface area contributed by atoms with Crippen LogP contribution in [0, 0.1) is 0 Å². The molecule has 29 heavy (non-hydrogen) atoms. The average molecular weight is 400 g/mol. The first-order valence-corrected chi connectivity index (χ1v) is 9.46. The Morgan fingerprint density at radius 3 is 2.31 bits per heavy atom. The van der Waals surface area contributed by atoms with Crippen molar-refractivity contribution in [1.29, 1.82) is 0 Å². The third-order valence-corrected chi connectivity index (χ3v) is 4.79. The Labute approximate surface area is 169 Å². The van der Waals surface area contributed by atoms with Crippen LogP contribution in [0.25, 0.3) is 0 Å². The van der Waals surface area contributed by atoms with Crippen molar-refractivity contribution in [2.24, 2.45) is 0 Å². The SMILES string of the molecule is COc1ccc(CCC(=O)OCC(=O)N2CCN(C(=O)c3ccco3)CC2)cc1. The average Bonchev–Trinajstić information content (AvgIpc) is 3.31. The Morgan fingerprint density at radius 1 is 1.00 bits per heavy atom. The minimum Gasteiger partial charge on any atom is -0.497 e. The van der Waals surface area contributed by atoms with E-state index in [4.69, 9.17) is 13.9 Å². The summed E-state index contributed by atoms with van der Waals surface area (Å²) in [5, 5.41) is 0. The van der Waals surface area contributed by atoms with Crippen LogP contribution in [0.15, 0.2) is 47.1 Å². The van der Waals surface area contributed by atoms with E-state index in [0.717, 1.165) is 11.3 Å². The maximum Gasteiger partial charge on any atom is 0.306 e. The Morgan fingerprint density at radius 2 is 1.69 bits per heavy atom. The van der Waals surface area contributed by atoms with Gasteiger partial charge in [-0.25, -0.2) is 0 Å². The monoisotopic (exact) mass is 400 g/mol. The first-order valence-electron chi connectivity index (χ1n) is 9.46. The molecule has 154 valence electrons. The van der Waals surface area contributed by atoms with Crippen molar-refractivity contribution in [3.63, 3.8) is 0 Å². The lowest BCUT2D eigenvalue weighted by molar-refractivity contribution is -0.152. The van der Waals surface area contributed by atoms with Crippen molar-refractivity contribution in [2.45, 2.75) is 12.8 Å². The molecule has 0 saturated carbocycles. The van der Waals surface area contributed by atoms with E-state index in [0.29, 0.717) is 32.6 Å². The predicted octanol–water partition coefficient (Wildman–Crippen LogP) is 1.75. The van der Waals surface area contributed by atoms with Gasteiger partial charge in [0.05, 0.1) is 13.4 Å². The molecule has 0 bridgehead atoms. The van der Waals surface area contributed by atoms with Crippen LogP contribution in [0.5, 0.6) is 5.75 Å². The summed E-state index contributed by atoms with van der Waals surface area (Å²) in [7, 11) is 1.60. The Balaban J connectivity index is 1.36. The third kappa shape index (κ3) is 5.60. The van der Waals surface area contributed by atoms with Gasteiger partial charge in [-0.05, 0) is 36.2 Å². The van der Waals surface area contributed by atoms with Gasteiger partial charge in [-0.3, -0.25) is 14.4 Å². The van der Waals surface area contributed by atoms with Gasteiger partial charge < -0.3 is 23.7 Å². The number of carbonyl (C=O) groups is 3. The molecule has 0 spiro atoms. The molecule has 8 heteroatoms. The number of amides is 2. The first kappa shape index (κ1) is 20.4. The molecule has 2 heterocycles. The molecule has 1 saturated heterocycles. The number of furan rings is 1. The van der Waals surface area contributed by atoms with Gasteiger partial charge in [0.25, 0.3) is 11.8 Å². The fraction of sp³-hybridized carbons (Fsp3) is 0.381. The molecule has 1 aromatic carbocycles. The largest absolute Gasteiger partial charge is 0.497 e. The van der Waals surface area contributed by atoms with Crippen LogP contribution in [-0.4, -0.2) is 67.5 Å². The highest BCUT2D eigenvalue weighted by atomic mass is 16.5. The molecular formula is C21H24N2O6.